The van der Waals surface area contributed by atoms with E-state index >= 15 is 0 Å². The SMILES string of the molecule is O=C(O)[C@@H]1CCCN1C(=O)CP(=O)(CCc1ccccc1)OCc1ccccc1. The molecule has 29 heavy (non-hydrogen) atoms. The molecule has 154 valence electrons. The van der Waals surface area contributed by atoms with Crippen LogP contribution in [0.25, 0.3) is 0 Å². The summed E-state index contributed by atoms with van der Waals surface area (Å²) < 4.78 is 19.4. The fourth-order valence-corrected chi connectivity index (χ4v) is 5.47. The Morgan fingerprint density at radius 2 is 1.66 bits per heavy atom. The first-order valence-electron chi connectivity index (χ1n) is 9.80. The summed E-state index contributed by atoms with van der Waals surface area (Å²) in [5.74, 6) is -1.42. The lowest BCUT2D eigenvalue weighted by Gasteiger charge is -2.25. The Kier molecular flexibility index (Phi) is 7.24. The number of carbonyl (C=O) groups is 2. The van der Waals surface area contributed by atoms with Crippen LogP contribution in [0.2, 0.25) is 0 Å². The zero-order valence-electron chi connectivity index (χ0n) is 16.3. The maximum Gasteiger partial charge on any atom is 0.326 e. The van der Waals surface area contributed by atoms with Crippen LogP contribution in [-0.4, -0.2) is 46.8 Å². The highest BCUT2D eigenvalue weighted by molar-refractivity contribution is 7.59. The summed E-state index contributed by atoms with van der Waals surface area (Å²) in [4.78, 5) is 25.6. The summed E-state index contributed by atoms with van der Waals surface area (Å²) in [5.41, 5.74) is 1.90. The monoisotopic (exact) mass is 415 g/mol. The Labute approximate surface area is 170 Å². The van der Waals surface area contributed by atoms with Crippen molar-refractivity contribution in [2.45, 2.75) is 31.9 Å². The van der Waals surface area contributed by atoms with Crippen LogP contribution in [-0.2, 0) is 31.7 Å². The van der Waals surface area contributed by atoms with E-state index in [2.05, 4.69) is 0 Å². The van der Waals surface area contributed by atoms with Gasteiger partial charge in [-0.2, -0.15) is 0 Å². The number of carboxylic acid groups (broad SMARTS) is 1. The number of amides is 1. The molecular formula is C22H26NO5P. The van der Waals surface area contributed by atoms with Crippen molar-refractivity contribution in [1.29, 1.82) is 0 Å². The normalized spacial score (nSPS) is 18.3. The van der Waals surface area contributed by atoms with Gasteiger partial charge in [-0.1, -0.05) is 60.7 Å². The van der Waals surface area contributed by atoms with Crippen LogP contribution in [0.3, 0.4) is 0 Å². The molecule has 0 radical (unpaired) electrons. The summed E-state index contributed by atoms with van der Waals surface area (Å²) in [6, 6.07) is 18.2. The third-order valence-corrected chi connectivity index (χ3v) is 7.38. The molecule has 1 saturated heterocycles. The predicted molar refractivity (Wildman–Crippen MR) is 111 cm³/mol. The molecule has 0 aliphatic carbocycles. The lowest BCUT2D eigenvalue weighted by Crippen LogP contribution is -2.42. The van der Waals surface area contributed by atoms with Crippen molar-refractivity contribution >= 4 is 19.2 Å². The van der Waals surface area contributed by atoms with Gasteiger partial charge in [0.1, 0.15) is 12.2 Å². The van der Waals surface area contributed by atoms with Gasteiger partial charge in [0.05, 0.1) is 6.61 Å². The lowest BCUT2D eigenvalue weighted by molar-refractivity contribution is -0.147. The minimum atomic E-state index is -3.30. The summed E-state index contributed by atoms with van der Waals surface area (Å²) in [6.45, 7) is 0.537. The van der Waals surface area contributed by atoms with Crippen molar-refractivity contribution in [3.8, 4) is 0 Å². The standard InChI is InChI=1S/C22H26NO5P/c24-21(23-14-7-12-20(23)22(25)26)17-29(27,15-13-18-8-3-1-4-9-18)28-16-19-10-5-2-6-11-19/h1-6,8-11,20H,7,12-17H2,(H,25,26)/t20-,29?/m0/s1. The van der Waals surface area contributed by atoms with E-state index in [1.165, 1.54) is 4.90 Å². The molecule has 2 atom stereocenters. The van der Waals surface area contributed by atoms with Gasteiger partial charge in [0.2, 0.25) is 13.3 Å². The van der Waals surface area contributed by atoms with Gasteiger partial charge in [0, 0.05) is 12.7 Å². The first-order chi connectivity index (χ1) is 14.0. The Hall–Kier alpha value is -2.43. The molecule has 1 aliphatic heterocycles. The van der Waals surface area contributed by atoms with Crippen LogP contribution < -0.4 is 0 Å². The van der Waals surface area contributed by atoms with Crippen molar-refractivity contribution in [2.75, 3.05) is 18.9 Å². The van der Waals surface area contributed by atoms with E-state index in [9.17, 15) is 19.3 Å². The van der Waals surface area contributed by atoms with E-state index in [4.69, 9.17) is 4.52 Å². The number of hydrogen-bond donors (Lipinski definition) is 1. The van der Waals surface area contributed by atoms with Gasteiger partial charge in [0.15, 0.2) is 0 Å². The van der Waals surface area contributed by atoms with Crippen molar-refractivity contribution in [2.24, 2.45) is 0 Å². The summed E-state index contributed by atoms with van der Waals surface area (Å²) in [6.07, 6.45) is 1.57. The predicted octanol–water partition coefficient (Wildman–Crippen LogP) is 3.80. The molecule has 2 aromatic carbocycles. The number of nitrogens with zero attached hydrogens (tertiary/aromatic N) is 1. The Morgan fingerprint density at radius 3 is 2.28 bits per heavy atom. The molecule has 1 heterocycles. The number of likely N-dealkylation sites (tertiary alicyclic amines) is 1. The molecule has 1 amide bonds. The van der Waals surface area contributed by atoms with Gasteiger partial charge in [-0.3, -0.25) is 9.36 Å². The smallest absolute Gasteiger partial charge is 0.326 e. The van der Waals surface area contributed by atoms with Crippen molar-refractivity contribution in [3.05, 3.63) is 71.8 Å². The number of rotatable bonds is 9. The molecule has 0 bridgehead atoms. The second-order valence-corrected chi connectivity index (χ2v) is 9.93. The topological polar surface area (TPSA) is 83.9 Å². The van der Waals surface area contributed by atoms with Crippen LogP contribution in [0.15, 0.2) is 60.7 Å². The van der Waals surface area contributed by atoms with Crippen LogP contribution in [0.1, 0.15) is 24.0 Å². The molecule has 6 nitrogen and oxygen atoms in total. The van der Waals surface area contributed by atoms with Crippen LogP contribution in [0.4, 0.5) is 0 Å². The number of aliphatic carboxylic acids is 1. The second kappa shape index (κ2) is 9.86. The number of hydrogen-bond acceptors (Lipinski definition) is 4. The highest BCUT2D eigenvalue weighted by atomic mass is 31.2. The highest BCUT2D eigenvalue weighted by Crippen LogP contribution is 2.48. The van der Waals surface area contributed by atoms with E-state index in [1.54, 1.807) is 0 Å². The van der Waals surface area contributed by atoms with Gasteiger partial charge in [-0.15, -0.1) is 0 Å². The quantitative estimate of drug-likeness (QED) is 0.630. The maximum atomic E-state index is 13.6. The van der Waals surface area contributed by atoms with Crippen LogP contribution in [0.5, 0.6) is 0 Å². The van der Waals surface area contributed by atoms with Crippen LogP contribution >= 0.6 is 7.37 Å². The van der Waals surface area contributed by atoms with Crippen LogP contribution in [0, 0.1) is 0 Å². The minimum absolute atomic E-state index is 0.155. The van der Waals surface area contributed by atoms with Gasteiger partial charge in [-0.25, -0.2) is 4.79 Å². The fraction of sp³-hybridized carbons (Fsp3) is 0.364. The number of aryl methyl sites for hydroxylation is 1. The average Bonchev–Trinajstić information content (AvgIpc) is 3.23. The zero-order valence-corrected chi connectivity index (χ0v) is 17.2. The van der Waals surface area contributed by atoms with Gasteiger partial charge in [-0.05, 0) is 30.4 Å². The van der Waals surface area contributed by atoms with Crippen molar-refractivity contribution in [1.82, 2.24) is 4.90 Å². The summed E-state index contributed by atoms with van der Waals surface area (Å²) in [5, 5.41) is 9.34. The molecule has 7 heteroatoms. The molecular weight excluding hydrogens is 389 g/mol. The van der Waals surface area contributed by atoms with Gasteiger partial charge < -0.3 is 14.5 Å². The second-order valence-electron chi connectivity index (χ2n) is 7.27. The van der Waals surface area contributed by atoms with Crippen molar-refractivity contribution < 1.29 is 23.8 Å². The van der Waals surface area contributed by atoms with E-state index < -0.39 is 25.3 Å². The molecule has 1 aliphatic rings. The lowest BCUT2D eigenvalue weighted by atomic mass is 10.2. The number of carboxylic acids is 1. The van der Waals surface area contributed by atoms with Gasteiger partial charge >= 0.3 is 5.97 Å². The fourth-order valence-electron chi connectivity index (χ4n) is 3.52. The molecule has 0 spiro atoms. The van der Waals surface area contributed by atoms with Gasteiger partial charge in [0.25, 0.3) is 0 Å². The zero-order chi connectivity index (χ0) is 20.7. The first-order valence-corrected chi connectivity index (χ1v) is 11.8. The molecule has 0 aromatic heterocycles. The molecule has 1 fully saturated rings. The molecule has 1 N–H and O–H groups in total. The Balaban J connectivity index is 1.71. The van der Waals surface area contributed by atoms with E-state index in [0.29, 0.717) is 25.8 Å². The largest absolute Gasteiger partial charge is 0.480 e. The summed E-state index contributed by atoms with van der Waals surface area (Å²) >= 11 is 0. The number of carbonyl (C=O) groups excluding carboxylic acids is 1. The molecule has 3 rings (SSSR count). The highest BCUT2D eigenvalue weighted by Gasteiger charge is 2.37. The maximum absolute atomic E-state index is 13.6. The average molecular weight is 415 g/mol. The first kappa shape index (κ1) is 21.3. The molecule has 2 aromatic rings. The van der Waals surface area contributed by atoms with Crippen molar-refractivity contribution in [3.63, 3.8) is 0 Å². The van der Waals surface area contributed by atoms with E-state index in [0.717, 1.165) is 11.1 Å². The Morgan fingerprint density at radius 1 is 1.03 bits per heavy atom. The number of benzene rings is 2. The molecule has 1 unspecified atom stereocenters. The minimum Gasteiger partial charge on any atom is -0.480 e. The van der Waals surface area contributed by atoms with E-state index in [-0.39, 0.29) is 18.9 Å². The third kappa shape index (κ3) is 6.02. The van der Waals surface area contributed by atoms with E-state index in [1.807, 2.05) is 60.7 Å². The Bertz CT molecular complexity index is 824. The summed E-state index contributed by atoms with van der Waals surface area (Å²) in [7, 11) is -3.30. The third-order valence-electron chi connectivity index (χ3n) is 5.13. The molecule has 0 saturated carbocycles.